The Morgan fingerprint density at radius 3 is 2.13 bits per heavy atom. The van der Waals surface area contributed by atoms with Gasteiger partial charge in [0.1, 0.15) is 0 Å². The number of anilines is 3. The number of aryl methyl sites for hydroxylation is 1. The van der Waals surface area contributed by atoms with Gasteiger partial charge < -0.3 is 15.5 Å². The Hall–Kier alpha value is -4.32. The Bertz CT molecular complexity index is 1790. The number of piperazine rings is 1. The molecular formula is C31H39N7O7S2. The van der Waals surface area contributed by atoms with E-state index in [9.17, 15) is 21.6 Å². The molecule has 5 rings (SSSR count). The molecule has 1 saturated heterocycles. The highest BCUT2D eigenvalue weighted by Crippen LogP contribution is 2.25. The second-order valence-electron chi connectivity index (χ2n) is 10.9. The van der Waals surface area contributed by atoms with Crippen LogP contribution in [0, 0.1) is 6.92 Å². The molecule has 1 aliphatic rings. The Kier molecular flexibility index (Phi) is 13.4. The molecule has 2 aromatic carbocycles. The molecule has 2 aromatic heterocycles. The summed E-state index contributed by atoms with van der Waals surface area (Å²) in [6.07, 6.45) is 6.65. The second kappa shape index (κ2) is 17.0. The van der Waals surface area contributed by atoms with Crippen LogP contribution in [0.4, 0.5) is 17.3 Å². The fourth-order valence-corrected chi connectivity index (χ4v) is 4.28. The average Bonchev–Trinajstić information content (AvgIpc) is 2.99. The van der Waals surface area contributed by atoms with Gasteiger partial charge in [-0.2, -0.15) is 16.8 Å². The first kappa shape index (κ1) is 37.1. The van der Waals surface area contributed by atoms with Crippen LogP contribution in [-0.4, -0.2) is 102 Å². The molecule has 252 valence electrons. The fraction of sp³-hybridized carbons (Fsp3) is 0.290. The maximum atomic E-state index is 12.9. The maximum Gasteiger partial charge on any atom is 0.261 e. The van der Waals surface area contributed by atoms with E-state index in [0.717, 1.165) is 55.2 Å². The number of amides is 1. The third-order valence-corrected chi connectivity index (χ3v) is 6.57. The van der Waals surface area contributed by atoms with Crippen molar-refractivity contribution in [2.24, 2.45) is 0 Å². The summed E-state index contributed by atoms with van der Waals surface area (Å²) in [7, 11) is -5.17. The van der Waals surface area contributed by atoms with Gasteiger partial charge in [0.25, 0.3) is 26.1 Å². The van der Waals surface area contributed by atoms with Gasteiger partial charge in [-0.05, 0) is 67.6 Å². The lowest BCUT2D eigenvalue weighted by molar-refractivity contribution is 0.102. The summed E-state index contributed by atoms with van der Waals surface area (Å²) < 4.78 is 51.7. The SMILES string of the molecule is CS(=O)(=O)O.CS(=O)(=O)O.Cc1ccc(NC(=O)c2ccc(CN3CCN(C)CC3)cc2)cc1Nc1nccc(-c2cccnc2)n1. The molecule has 1 amide bonds. The zero-order valence-corrected chi connectivity index (χ0v) is 28.2. The predicted octanol–water partition coefficient (Wildman–Crippen LogP) is 3.60. The van der Waals surface area contributed by atoms with Gasteiger partial charge in [0, 0.05) is 73.8 Å². The van der Waals surface area contributed by atoms with Crippen molar-refractivity contribution >= 4 is 43.5 Å². The summed E-state index contributed by atoms with van der Waals surface area (Å²) in [4.78, 5) is 30.9. The highest BCUT2D eigenvalue weighted by atomic mass is 32.2. The largest absolute Gasteiger partial charge is 0.324 e. The molecule has 0 atom stereocenters. The number of rotatable bonds is 7. The first-order valence-electron chi connectivity index (χ1n) is 14.3. The van der Waals surface area contributed by atoms with Gasteiger partial charge in [-0.25, -0.2) is 9.97 Å². The molecule has 3 heterocycles. The molecular weight excluding hydrogens is 647 g/mol. The molecule has 1 aliphatic heterocycles. The molecule has 0 bridgehead atoms. The normalized spacial score (nSPS) is 13.7. The number of hydrogen-bond acceptors (Lipinski definition) is 11. The highest BCUT2D eigenvalue weighted by molar-refractivity contribution is 7.85. The smallest absolute Gasteiger partial charge is 0.261 e. The van der Waals surface area contributed by atoms with Crippen molar-refractivity contribution in [2.75, 3.05) is 56.4 Å². The number of aromatic nitrogens is 3. The Morgan fingerprint density at radius 2 is 1.53 bits per heavy atom. The molecule has 47 heavy (non-hydrogen) atoms. The number of carbonyl (C=O) groups is 1. The summed E-state index contributed by atoms with van der Waals surface area (Å²) in [5.74, 6) is 0.333. The Balaban J connectivity index is 0.000000526. The summed E-state index contributed by atoms with van der Waals surface area (Å²) >= 11 is 0. The van der Waals surface area contributed by atoms with E-state index in [1.165, 1.54) is 5.56 Å². The quantitative estimate of drug-likeness (QED) is 0.206. The third-order valence-electron chi connectivity index (χ3n) is 6.57. The number of nitrogens with one attached hydrogen (secondary N) is 2. The molecule has 1 fully saturated rings. The minimum absolute atomic E-state index is 0.143. The standard InChI is InChI=1S/C29H31N7O.2CH4O3S/c1-21-5-10-25(18-27(21)34-29-31-13-11-26(33-29)24-4-3-12-30-19-24)32-28(37)23-8-6-22(7-9-23)20-36-16-14-35(2)15-17-36;2*1-5(2,3)4/h3-13,18-19H,14-17,20H2,1-2H3,(H,32,37)(H,31,33,34);2*1H3,(H,2,3,4). The van der Waals surface area contributed by atoms with E-state index in [1.54, 1.807) is 18.6 Å². The van der Waals surface area contributed by atoms with E-state index >= 15 is 0 Å². The van der Waals surface area contributed by atoms with Gasteiger partial charge in [-0.1, -0.05) is 18.2 Å². The van der Waals surface area contributed by atoms with Crippen LogP contribution in [0.5, 0.6) is 0 Å². The number of pyridine rings is 1. The minimum atomic E-state index is -3.67. The molecule has 0 radical (unpaired) electrons. The van der Waals surface area contributed by atoms with Crippen LogP contribution in [0.15, 0.2) is 79.3 Å². The second-order valence-corrected chi connectivity index (χ2v) is 13.8. The van der Waals surface area contributed by atoms with Crippen molar-refractivity contribution in [3.05, 3.63) is 95.9 Å². The first-order chi connectivity index (χ1) is 22.0. The van der Waals surface area contributed by atoms with E-state index in [-0.39, 0.29) is 5.91 Å². The van der Waals surface area contributed by atoms with Gasteiger partial charge in [-0.15, -0.1) is 0 Å². The number of likely N-dealkylation sites (N-methyl/N-ethyl adjacent to an activating group) is 1. The Labute approximate surface area is 275 Å². The van der Waals surface area contributed by atoms with Crippen LogP contribution in [-0.2, 0) is 26.8 Å². The van der Waals surface area contributed by atoms with Crippen molar-refractivity contribution in [1.29, 1.82) is 0 Å². The van der Waals surface area contributed by atoms with Gasteiger partial charge in [0.05, 0.1) is 18.2 Å². The molecule has 0 unspecified atom stereocenters. The summed E-state index contributed by atoms with van der Waals surface area (Å²) in [5, 5.41) is 6.29. The van der Waals surface area contributed by atoms with Crippen LogP contribution in [0.1, 0.15) is 21.5 Å². The lowest BCUT2D eigenvalue weighted by atomic mass is 10.1. The van der Waals surface area contributed by atoms with Crippen LogP contribution in [0.25, 0.3) is 11.3 Å². The van der Waals surface area contributed by atoms with Crippen molar-refractivity contribution < 1.29 is 30.7 Å². The molecule has 0 spiro atoms. The van der Waals surface area contributed by atoms with Gasteiger partial charge >= 0.3 is 0 Å². The van der Waals surface area contributed by atoms with Gasteiger partial charge in [0.2, 0.25) is 5.95 Å². The lowest BCUT2D eigenvalue weighted by Gasteiger charge is -2.32. The molecule has 4 aromatic rings. The number of carbonyl (C=O) groups excluding carboxylic acids is 1. The van der Waals surface area contributed by atoms with Crippen LogP contribution in [0.2, 0.25) is 0 Å². The van der Waals surface area contributed by atoms with E-state index in [2.05, 4.69) is 42.4 Å². The number of hydrogen-bond donors (Lipinski definition) is 4. The van der Waals surface area contributed by atoms with Gasteiger partial charge in [0.15, 0.2) is 0 Å². The van der Waals surface area contributed by atoms with E-state index in [1.807, 2.05) is 67.6 Å². The van der Waals surface area contributed by atoms with Crippen LogP contribution in [0.3, 0.4) is 0 Å². The zero-order valence-electron chi connectivity index (χ0n) is 26.5. The van der Waals surface area contributed by atoms with E-state index in [4.69, 9.17) is 9.11 Å². The third kappa shape index (κ3) is 14.8. The zero-order chi connectivity index (χ0) is 34.6. The average molecular weight is 686 g/mol. The number of nitrogens with zero attached hydrogens (tertiary/aromatic N) is 5. The van der Waals surface area contributed by atoms with Crippen molar-refractivity contribution in [2.45, 2.75) is 13.5 Å². The molecule has 16 heteroatoms. The summed E-state index contributed by atoms with van der Waals surface area (Å²) in [5.41, 5.74) is 6.08. The molecule has 0 saturated carbocycles. The van der Waals surface area contributed by atoms with Crippen LogP contribution < -0.4 is 10.6 Å². The summed E-state index contributed by atoms with van der Waals surface area (Å²) in [6, 6.07) is 19.3. The predicted molar refractivity (Wildman–Crippen MR) is 182 cm³/mol. The van der Waals surface area contributed by atoms with E-state index in [0.29, 0.717) is 29.7 Å². The topological polar surface area (TPSA) is 195 Å². The van der Waals surface area contributed by atoms with Crippen molar-refractivity contribution in [3.63, 3.8) is 0 Å². The molecule has 0 aliphatic carbocycles. The lowest BCUT2D eigenvalue weighted by Crippen LogP contribution is -2.43. The van der Waals surface area contributed by atoms with Gasteiger partial charge in [-0.3, -0.25) is 23.8 Å². The fourth-order valence-electron chi connectivity index (χ4n) is 4.28. The van der Waals surface area contributed by atoms with Crippen molar-refractivity contribution in [3.8, 4) is 11.3 Å². The monoisotopic (exact) mass is 685 g/mol. The molecule has 4 N–H and O–H groups in total. The maximum absolute atomic E-state index is 12.9. The molecule has 14 nitrogen and oxygen atoms in total. The highest BCUT2D eigenvalue weighted by Gasteiger charge is 2.14. The van der Waals surface area contributed by atoms with Crippen LogP contribution >= 0.6 is 0 Å². The van der Waals surface area contributed by atoms with E-state index < -0.39 is 20.2 Å². The Morgan fingerprint density at radius 1 is 0.894 bits per heavy atom. The number of benzene rings is 2. The first-order valence-corrected chi connectivity index (χ1v) is 18.0. The van der Waals surface area contributed by atoms with Crippen molar-refractivity contribution in [1.82, 2.24) is 24.8 Å². The minimum Gasteiger partial charge on any atom is -0.324 e. The summed E-state index contributed by atoms with van der Waals surface area (Å²) in [6.45, 7) is 7.24.